The van der Waals surface area contributed by atoms with Gasteiger partial charge in [-0.05, 0) is 19.4 Å². The van der Waals surface area contributed by atoms with Crippen molar-refractivity contribution in [3.8, 4) is 17.3 Å². The van der Waals surface area contributed by atoms with Gasteiger partial charge >= 0.3 is 0 Å². The number of hydrogen-bond donors (Lipinski definition) is 1. The number of aromatic nitrogens is 3. The number of carbonyl (C=O) groups is 1. The number of pyridine rings is 1. The molecular weight excluding hydrogens is 555 g/mol. The SMILES string of the molecule is [2H]c1c(F)c(N2CCN(CC(=O)N3CC(O)C3)CC2)cc2c(N(C)c3nc(-c4ccc(C)cc4)c(C#N)s3)c(CC)nn12. The molecule has 0 saturated carbocycles. The number of thiazole rings is 1. The van der Waals surface area contributed by atoms with Crippen molar-refractivity contribution in [2.24, 2.45) is 0 Å². The van der Waals surface area contributed by atoms with Crippen LogP contribution in [0.25, 0.3) is 16.8 Å². The van der Waals surface area contributed by atoms with Crippen molar-refractivity contribution < 1.29 is 15.7 Å². The normalized spacial score (nSPS) is 16.4. The summed E-state index contributed by atoms with van der Waals surface area (Å²) in [4.78, 5) is 25.3. The topological polar surface area (TPSA) is 104 Å². The van der Waals surface area contributed by atoms with Crippen LogP contribution < -0.4 is 9.80 Å². The summed E-state index contributed by atoms with van der Waals surface area (Å²) in [5, 5.41) is 24.6. The first-order chi connectivity index (χ1) is 20.7. The molecule has 3 aromatic heterocycles. The number of carbonyl (C=O) groups excluding carboxylic acids is 1. The second kappa shape index (κ2) is 11.3. The molecule has 2 saturated heterocycles. The summed E-state index contributed by atoms with van der Waals surface area (Å²) in [5.41, 5.74) is 4.90. The predicted molar refractivity (Wildman–Crippen MR) is 161 cm³/mol. The Balaban J connectivity index is 1.30. The fourth-order valence-electron chi connectivity index (χ4n) is 5.49. The van der Waals surface area contributed by atoms with E-state index in [1.54, 1.807) is 11.0 Å². The summed E-state index contributed by atoms with van der Waals surface area (Å²) < 4.78 is 25.6. The quantitative estimate of drug-likeness (QED) is 0.350. The van der Waals surface area contributed by atoms with E-state index in [0.29, 0.717) is 84.0 Å². The van der Waals surface area contributed by atoms with E-state index in [1.165, 1.54) is 15.9 Å². The highest BCUT2D eigenvalue weighted by molar-refractivity contribution is 7.16. The lowest BCUT2D eigenvalue weighted by atomic mass is 10.1. The Morgan fingerprint density at radius 3 is 2.62 bits per heavy atom. The smallest absolute Gasteiger partial charge is 0.236 e. The number of hydrogen-bond acceptors (Lipinski definition) is 9. The average molecular weight is 590 g/mol. The number of aliphatic hydroxyl groups is 1. The van der Waals surface area contributed by atoms with Gasteiger partial charge < -0.3 is 19.8 Å². The van der Waals surface area contributed by atoms with E-state index < -0.39 is 11.9 Å². The lowest BCUT2D eigenvalue weighted by Crippen LogP contribution is -2.57. The molecule has 0 spiro atoms. The van der Waals surface area contributed by atoms with Gasteiger partial charge in [-0.25, -0.2) is 13.9 Å². The molecule has 1 aromatic carbocycles. The second-order valence-corrected chi connectivity index (χ2v) is 11.8. The van der Waals surface area contributed by atoms with Gasteiger partial charge in [0, 0.05) is 51.9 Å². The van der Waals surface area contributed by atoms with Crippen molar-refractivity contribution in [2.45, 2.75) is 26.4 Å². The van der Waals surface area contributed by atoms with Crippen LogP contribution in [0.1, 0.15) is 24.4 Å². The minimum absolute atomic E-state index is 0.00823. The second-order valence-electron chi connectivity index (χ2n) is 10.8. The number of amides is 1. The van der Waals surface area contributed by atoms with Crippen LogP contribution in [0.2, 0.25) is 0 Å². The summed E-state index contributed by atoms with van der Waals surface area (Å²) in [6.45, 7) is 7.14. The molecule has 42 heavy (non-hydrogen) atoms. The largest absolute Gasteiger partial charge is 0.389 e. The number of rotatable bonds is 7. The number of halogens is 1. The van der Waals surface area contributed by atoms with Crippen LogP contribution in [0.4, 0.5) is 20.9 Å². The molecule has 0 aliphatic carbocycles. The molecule has 0 bridgehead atoms. The van der Waals surface area contributed by atoms with E-state index in [0.717, 1.165) is 11.1 Å². The third-order valence-corrected chi connectivity index (χ3v) is 8.99. The standard InChI is InChI=1S/C30H33FN8O2S/c1-4-23-29(35(3)30-33-28(26(14-32)42-30)20-7-5-19(2)6-8-20)25-13-24(22(31)17-39(25)34-23)37-11-9-36(10-12-37)18-27(41)38-15-21(40)16-38/h5-8,13,17,21,40H,4,9-12,15-16,18H2,1-3H3/i17D. The number of nitriles is 1. The molecule has 1 N–H and O–H groups in total. The summed E-state index contributed by atoms with van der Waals surface area (Å²) >= 11 is 1.28. The summed E-state index contributed by atoms with van der Waals surface area (Å²) in [5.74, 6) is -0.653. The molecular formula is C30H33FN8O2S. The molecule has 6 rings (SSSR count). The Bertz CT molecular complexity index is 1720. The average Bonchev–Trinajstić information content (AvgIpc) is 3.60. The van der Waals surface area contributed by atoms with Crippen LogP contribution in [0.3, 0.4) is 0 Å². The van der Waals surface area contributed by atoms with Crippen molar-refractivity contribution in [3.05, 3.63) is 58.5 Å². The maximum atomic E-state index is 15.7. The maximum absolute atomic E-state index is 15.7. The Morgan fingerprint density at radius 1 is 1.26 bits per heavy atom. The first-order valence-electron chi connectivity index (χ1n) is 14.5. The number of piperazine rings is 1. The van der Waals surface area contributed by atoms with Crippen molar-refractivity contribution in [1.29, 1.82) is 5.26 Å². The van der Waals surface area contributed by atoms with E-state index in [2.05, 4.69) is 11.2 Å². The first kappa shape index (κ1) is 26.8. The lowest BCUT2D eigenvalue weighted by Gasteiger charge is -2.39. The van der Waals surface area contributed by atoms with Crippen LogP contribution >= 0.6 is 11.3 Å². The van der Waals surface area contributed by atoms with Gasteiger partial charge in [-0.2, -0.15) is 10.4 Å². The van der Waals surface area contributed by atoms with Gasteiger partial charge in [-0.15, -0.1) is 0 Å². The van der Waals surface area contributed by atoms with Crippen LogP contribution in [0, 0.1) is 24.1 Å². The fraction of sp³-hybridized carbons (Fsp3) is 0.400. The molecule has 0 unspecified atom stereocenters. The molecule has 12 heteroatoms. The molecule has 2 aliphatic heterocycles. The molecule has 10 nitrogen and oxygen atoms in total. The number of aliphatic hydroxyl groups excluding tert-OH is 1. The Hall–Kier alpha value is -4.05. The Labute approximate surface area is 249 Å². The first-order valence-corrected chi connectivity index (χ1v) is 14.9. The molecule has 1 amide bonds. The van der Waals surface area contributed by atoms with Gasteiger partial charge in [0.25, 0.3) is 0 Å². The van der Waals surface area contributed by atoms with Gasteiger partial charge in [0.1, 0.15) is 16.6 Å². The van der Waals surface area contributed by atoms with Crippen molar-refractivity contribution in [2.75, 3.05) is 62.7 Å². The summed E-state index contributed by atoms with van der Waals surface area (Å²) in [6.07, 6.45) is -0.203. The van der Waals surface area contributed by atoms with Crippen molar-refractivity contribution >= 4 is 39.3 Å². The number of nitrogens with zero attached hydrogens (tertiary/aromatic N) is 8. The van der Waals surface area contributed by atoms with Crippen molar-refractivity contribution in [1.82, 2.24) is 24.4 Å². The number of fused-ring (bicyclic) bond motifs is 1. The van der Waals surface area contributed by atoms with Crippen molar-refractivity contribution in [3.63, 3.8) is 0 Å². The van der Waals surface area contributed by atoms with Gasteiger partial charge in [-0.3, -0.25) is 9.69 Å². The predicted octanol–water partition coefficient (Wildman–Crippen LogP) is 3.43. The number of likely N-dealkylation sites (tertiary alicyclic amines) is 1. The van der Waals surface area contributed by atoms with E-state index >= 15 is 4.39 Å². The maximum Gasteiger partial charge on any atom is 0.236 e. The summed E-state index contributed by atoms with van der Waals surface area (Å²) in [7, 11) is 1.86. The zero-order valence-corrected chi connectivity index (χ0v) is 24.7. The minimum Gasteiger partial charge on any atom is -0.389 e. The third-order valence-electron chi connectivity index (χ3n) is 7.95. The number of anilines is 3. The van der Waals surface area contributed by atoms with E-state index in [9.17, 15) is 15.2 Å². The zero-order valence-electron chi connectivity index (χ0n) is 24.8. The van der Waals surface area contributed by atoms with E-state index in [4.69, 9.17) is 6.35 Å². The van der Waals surface area contributed by atoms with E-state index in [-0.39, 0.29) is 18.6 Å². The molecule has 0 radical (unpaired) electrons. The third kappa shape index (κ3) is 5.19. The number of aryl methyl sites for hydroxylation is 2. The summed E-state index contributed by atoms with van der Waals surface area (Å²) in [6, 6.07) is 11.9. The molecule has 5 heterocycles. The van der Waals surface area contributed by atoms with Gasteiger partial charge in [0.05, 0.1) is 42.8 Å². The minimum atomic E-state index is -0.645. The zero-order chi connectivity index (χ0) is 30.4. The monoisotopic (exact) mass is 589 g/mol. The van der Waals surface area contributed by atoms with Gasteiger partial charge in [0.15, 0.2) is 10.9 Å². The highest BCUT2D eigenvalue weighted by atomic mass is 32.1. The van der Waals surface area contributed by atoms with Crippen LogP contribution in [0.15, 0.2) is 36.5 Å². The molecule has 2 fully saturated rings. The molecule has 218 valence electrons. The highest BCUT2D eigenvalue weighted by Gasteiger charge is 2.31. The van der Waals surface area contributed by atoms with Gasteiger partial charge in [0.2, 0.25) is 5.91 Å². The van der Waals surface area contributed by atoms with Crippen LogP contribution in [0.5, 0.6) is 0 Å². The Morgan fingerprint density at radius 2 is 1.98 bits per heavy atom. The lowest BCUT2D eigenvalue weighted by molar-refractivity contribution is -0.142. The highest BCUT2D eigenvalue weighted by Crippen LogP contribution is 2.39. The Kier molecular flexibility index (Phi) is 7.23. The van der Waals surface area contributed by atoms with Crippen LogP contribution in [-0.4, -0.2) is 94.4 Å². The number of β-amino-alcohol motifs (C(OH)–C–C–N with tert-alkyl or cyclic N) is 1. The molecule has 2 aliphatic rings. The molecule has 4 aromatic rings. The van der Waals surface area contributed by atoms with E-state index in [1.807, 2.05) is 59.9 Å². The van der Waals surface area contributed by atoms with Crippen LogP contribution in [-0.2, 0) is 11.2 Å². The fourth-order valence-corrected chi connectivity index (χ4v) is 6.34. The number of benzene rings is 1. The molecule has 0 atom stereocenters. The van der Waals surface area contributed by atoms with Gasteiger partial charge in [-0.1, -0.05) is 48.1 Å².